The Bertz CT molecular complexity index is 105. The first-order valence-electron chi connectivity index (χ1n) is 1.70. The van der Waals surface area contributed by atoms with Gasteiger partial charge in [0.15, 0.2) is 0 Å². The van der Waals surface area contributed by atoms with Gasteiger partial charge in [-0.15, -0.1) is 0 Å². The number of carbonyl (C=O) groups excluding carboxylic acids is 1. The number of halogens is 2. The third-order valence-corrected chi connectivity index (χ3v) is 1.17. The third-order valence-electron chi connectivity index (χ3n) is 0.447. The summed E-state index contributed by atoms with van der Waals surface area (Å²) in [7, 11) is -3.38. The fraction of sp³-hybridized carbons (Fsp3) is 0. The van der Waals surface area contributed by atoms with Crippen molar-refractivity contribution >= 4 is 14.8 Å². The van der Waals surface area contributed by atoms with Crippen LogP contribution in [-0.4, -0.2) is 14.8 Å². The van der Waals surface area contributed by atoms with Gasteiger partial charge < -0.3 is 0 Å². The molecule has 0 bridgehead atoms. The van der Waals surface area contributed by atoms with Crippen molar-refractivity contribution in [2.45, 2.75) is 0 Å². The molecule has 0 aromatic carbocycles. The molecule has 0 unspecified atom stereocenters. The van der Waals surface area contributed by atoms with Crippen molar-refractivity contribution in [2.24, 2.45) is 0 Å². The topological polar surface area (TPSA) is 26.3 Å². The zero-order chi connectivity index (χ0) is 6.57. The summed E-state index contributed by atoms with van der Waals surface area (Å²) in [6.07, 6.45) is 0.688. The van der Waals surface area contributed by atoms with E-state index in [1.54, 1.807) is 0 Å². The van der Waals surface area contributed by atoms with Gasteiger partial charge >= 0.3 is 9.37 Å². The van der Waals surface area contributed by atoms with E-state index < -0.39 is 14.8 Å². The van der Waals surface area contributed by atoms with Gasteiger partial charge in [-0.2, -0.15) is 4.63 Å². The van der Waals surface area contributed by atoms with Crippen molar-refractivity contribution in [2.75, 3.05) is 0 Å². The fourth-order valence-electron chi connectivity index (χ4n) is 0.118. The Morgan fingerprint density at radius 2 is 2.38 bits per heavy atom. The van der Waals surface area contributed by atoms with Crippen molar-refractivity contribution in [3.05, 3.63) is 12.7 Å². The highest BCUT2D eigenvalue weighted by Gasteiger charge is 2.22. The number of rotatable bonds is 3. The van der Waals surface area contributed by atoms with Gasteiger partial charge in [-0.3, -0.25) is 8.90 Å². The van der Waals surface area contributed by atoms with Crippen LogP contribution in [0.3, 0.4) is 0 Å². The van der Waals surface area contributed by atoms with E-state index in [9.17, 15) is 13.4 Å². The van der Waals surface area contributed by atoms with Crippen molar-refractivity contribution in [1.82, 2.24) is 0 Å². The molecule has 0 aromatic rings. The van der Waals surface area contributed by atoms with E-state index in [1.807, 2.05) is 0 Å². The number of carbonyl (C=O) groups is 1. The van der Waals surface area contributed by atoms with Gasteiger partial charge in [0, 0.05) is 0 Å². The lowest BCUT2D eigenvalue weighted by Crippen LogP contribution is -2.18. The predicted molar refractivity (Wildman–Crippen MR) is 24.3 cm³/mol. The van der Waals surface area contributed by atoms with E-state index in [0.717, 1.165) is 0 Å². The molecule has 0 aromatic heterocycles. The van der Waals surface area contributed by atoms with Crippen LogP contribution in [0.4, 0.5) is 8.63 Å². The first kappa shape index (κ1) is 7.45. The summed E-state index contributed by atoms with van der Waals surface area (Å²) >= 11 is 0. The van der Waals surface area contributed by atoms with Crippen molar-refractivity contribution < 1.29 is 18.1 Å². The number of hydrogen-bond donors (Lipinski definition) is 0. The molecule has 0 spiro atoms. The summed E-state index contributed by atoms with van der Waals surface area (Å²) < 4.78 is 25.0. The standard InChI is InChI=1S/C3H3F2O2Si/c1-2-3(6)8(5)7-4/h2H,1H2. The maximum Gasteiger partial charge on any atom is 0.549 e. The molecular formula is C3H3F2O2Si. The summed E-state index contributed by atoms with van der Waals surface area (Å²) in [6.45, 7) is 2.92. The van der Waals surface area contributed by atoms with E-state index >= 15 is 0 Å². The predicted octanol–water partition coefficient (Wildman–Crippen LogP) is 0.639. The SMILES string of the molecule is C=CC(=O)[Si](F)OF. The molecule has 1 radical (unpaired) electrons. The van der Waals surface area contributed by atoms with Gasteiger partial charge in [0.2, 0.25) is 5.41 Å². The maximum atomic E-state index is 11.6. The summed E-state index contributed by atoms with van der Waals surface area (Å²) in [5.74, 6) is 0. The Labute approximate surface area is 46.6 Å². The van der Waals surface area contributed by atoms with Crippen LogP contribution in [0.5, 0.6) is 0 Å². The van der Waals surface area contributed by atoms with Crippen LogP contribution in [-0.2, 0) is 9.43 Å². The van der Waals surface area contributed by atoms with E-state index in [4.69, 9.17) is 0 Å². The average Bonchev–Trinajstić information content (AvgIpc) is 1.84. The molecule has 2 nitrogen and oxygen atoms in total. The minimum absolute atomic E-state index is 0.688. The Hall–Kier alpha value is -0.553. The Balaban J connectivity index is 3.62. The molecule has 0 amide bonds. The first-order chi connectivity index (χ1) is 3.72. The van der Waals surface area contributed by atoms with E-state index in [1.165, 1.54) is 0 Å². The van der Waals surface area contributed by atoms with Crippen LogP contribution < -0.4 is 0 Å². The van der Waals surface area contributed by atoms with Crippen LogP contribution in [0.1, 0.15) is 0 Å². The minimum Gasteiger partial charge on any atom is -0.294 e. The molecule has 0 fully saturated rings. The number of allylic oxidation sites excluding steroid dienone is 1. The van der Waals surface area contributed by atoms with Crippen molar-refractivity contribution in [3.8, 4) is 0 Å². The van der Waals surface area contributed by atoms with Crippen molar-refractivity contribution in [1.29, 1.82) is 0 Å². The molecule has 45 valence electrons. The molecule has 0 aliphatic carbocycles. The Morgan fingerprint density at radius 1 is 1.88 bits per heavy atom. The normalized spacial score (nSPS) is 9.38. The monoisotopic (exact) mass is 137 g/mol. The lowest BCUT2D eigenvalue weighted by atomic mass is 10.7. The lowest BCUT2D eigenvalue weighted by molar-refractivity contribution is -0.113. The highest BCUT2D eigenvalue weighted by atomic mass is 28.3. The van der Waals surface area contributed by atoms with Gasteiger partial charge in [-0.1, -0.05) is 11.1 Å². The average molecular weight is 137 g/mol. The molecule has 0 atom stereocenters. The van der Waals surface area contributed by atoms with Gasteiger partial charge in [-0.05, 0) is 6.08 Å². The summed E-state index contributed by atoms with van der Waals surface area (Å²) in [4.78, 5) is 9.93. The largest absolute Gasteiger partial charge is 0.549 e. The fourth-order valence-corrected chi connectivity index (χ4v) is 0.355. The van der Waals surface area contributed by atoms with E-state index in [0.29, 0.717) is 6.08 Å². The molecule has 0 N–H and O–H groups in total. The molecule has 8 heavy (non-hydrogen) atoms. The van der Waals surface area contributed by atoms with Gasteiger partial charge in [0.25, 0.3) is 0 Å². The zero-order valence-corrected chi connectivity index (χ0v) is 4.86. The van der Waals surface area contributed by atoms with Gasteiger partial charge in [0.1, 0.15) is 0 Å². The van der Waals surface area contributed by atoms with Gasteiger partial charge in [-0.25, -0.2) is 0 Å². The van der Waals surface area contributed by atoms with Crippen LogP contribution in [0.2, 0.25) is 0 Å². The smallest absolute Gasteiger partial charge is 0.294 e. The molecule has 0 saturated heterocycles. The molecule has 0 saturated carbocycles. The third kappa shape index (κ3) is 1.94. The molecule has 5 heteroatoms. The summed E-state index contributed by atoms with van der Waals surface area (Å²) in [5, 5.41) is -1.02. The van der Waals surface area contributed by atoms with Crippen molar-refractivity contribution in [3.63, 3.8) is 0 Å². The lowest BCUT2D eigenvalue weighted by Gasteiger charge is -1.87. The molecule has 0 heterocycles. The maximum absolute atomic E-state index is 11.6. The highest BCUT2D eigenvalue weighted by Crippen LogP contribution is 1.89. The van der Waals surface area contributed by atoms with Gasteiger partial charge in [0.05, 0.1) is 0 Å². The van der Waals surface area contributed by atoms with Crippen LogP contribution in [0.25, 0.3) is 0 Å². The molecular weight excluding hydrogens is 134 g/mol. The zero-order valence-electron chi connectivity index (χ0n) is 3.86. The Kier molecular flexibility index (Phi) is 3.21. The van der Waals surface area contributed by atoms with Crippen LogP contribution >= 0.6 is 0 Å². The van der Waals surface area contributed by atoms with E-state index in [-0.39, 0.29) is 0 Å². The molecule has 0 aliphatic rings. The van der Waals surface area contributed by atoms with Crippen LogP contribution in [0, 0.1) is 0 Å². The summed E-state index contributed by atoms with van der Waals surface area (Å²) in [5.41, 5.74) is 0. The molecule has 0 aliphatic heterocycles. The second kappa shape index (κ2) is 3.45. The minimum atomic E-state index is -3.38. The molecule has 0 rings (SSSR count). The first-order valence-corrected chi connectivity index (χ1v) is 2.98. The summed E-state index contributed by atoms with van der Waals surface area (Å²) in [6, 6.07) is 0. The van der Waals surface area contributed by atoms with E-state index in [2.05, 4.69) is 11.2 Å². The quantitative estimate of drug-likeness (QED) is 0.324. The highest BCUT2D eigenvalue weighted by molar-refractivity contribution is 6.82. The second-order valence-electron chi connectivity index (χ2n) is 0.919. The second-order valence-corrected chi connectivity index (χ2v) is 2.11. The Morgan fingerprint density at radius 3 is 2.50 bits per heavy atom. The van der Waals surface area contributed by atoms with Crippen LogP contribution in [0.15, 0.2) is 12.7 Å². The number of hydrogen-bond acceptors (Lipinski definition) is 2.